The van der Waals surface area contributed by atoms with E-state index in [0.717, 1.165) is 17.6 Å². The third-order valence-electron chi connectivity index (χ3n) is 4.62. The molecule has 0 atom stereocenters. The predicted molar refractivity (Wildman–Crippen MR) is 85.4 cm³/mol. The van der Waals surface area contributed by atoms with Crippen molar-refractivity contribution < 1.29 is 0 Å². The Morgan fingerprint density at radius 1 is 1.11 bits per heavy atom. The van der Waals surface area contributed by atoms with Gasteiger partial charge < -0.3 is 15.5 Å². The number of nitrogens with zero attached hydrogens (tertiary/aromatic N) is 1. The molecule has 0 aromatic carbocycles. The maximum absolute atomic E-state index is 5.39. The fourth-order valence-corrected chi connectivity index (χ4v) is 3.49. The van der Waals surface area contributed by atoms with Gasteiger partial charge in [-0.25, -0.2) is 0 Å². The van der Waals surface area contributed by atoms with Crippen molar-refractivity contribution in [1.29, 1.82) is 0 Å². The fraction of sp³-hybridized carbons (Fsp3) is 0.933. The van der Waals surface area contributed by atoms with Gasteiger partial charge in [0.1, 0.15) is 0 Å². The lowest BCUT2D eigenvalue weighted by Gasteiger charge is -2.29. The highest BCUT2D eigenvalue weighted by atomic mass is 32.1. The maximum Gasteiger partial charge on any atom is 0.166 e. The molecule has 1 saturated heterocycles. The van der Waals surface area contributed by atoms with Crippen molar-refractivity contribution in [3.05, 3.63) is 0 Å². The van der Waals surface area contributed by atoms with Crippen LogP contribution in [-0.2, 0) is 0 Å². The molecule has 2 aliphatic rings. The smallest absolute Gasteiger partial charge is 0.166 e. The molecule has 0 radical (unpaired) electrons. The minimum atomic E-state index is 0.622. The SMILES string of the molecule is CN1CCC(CCNC(=S)NC2CCCCC2)CC1. The van der Waals surface area contributed by atoms with Crippen LogP contribution in [0.25, 0.3) is 0 Å². The van der Waals surface area contributed by atoms with E-state index in [2.05, 4.69) is 22.6 Å². The van der Waals surface area contributed by atoms with E-state index in [1.165, 1.54) is 64.5 Å². The van der Waals surface area contributed by atoms with Gasteiger partial charge in [-0.1, -0.05) is 19.3 Å². The summed E-state index contributed by atoms with van der Waals surface area (Å²) in [6.07, 6.45) is 10.6. The third kappa shape index (κ3) is 5.65. The Morgan fingerprint density at radius 2 is 1.79 bits per heavy atom. The summed E-state index contributed by atoms with van der Waals surface area (Å²) >= 11 is 5.39. The molecule has 0 bridgehead atoms. The summed E-state index contributed by atoms with van der Waals surface area (Å²) in [6, 6.07) is 0.622. The zero-order valence-electron chi connectivity index (χ0n) is 12.3. The van der Waals surface area contributed by atoms with E-state index in [1.807, 2.05) is 0 Å². The number of piperidine rings is 1. The standard InChI is InChI=1S/C15H29N3S/c1-18-11-8-13(9-12-18)7-10-16-15(19)17-14-5-3-2-4-6-14/h13-14H,2-12H2,1H3,(H2,16,17,19). The number of hydrogen-bond donors (Lipinski definition) is 2. The van der Waals surface area contributed by atoms with Gasteiger partial charge in [-0.15, -0.1) is 0 Å². The molecule has 2 N–H and O–H groups in total. The number of rotatable bonds is 4. The van der Waals surface area contributed by atoms with Crippen molar-refractivity contribution in [2.75, 3.05) is 26.7 Å². The lowest BCUT2D eigenvalue weighted by Crippen LogP contribution is -2.43. The first-order valence-electron chi connectivity index (χ1n) is 7.97. The molecule has 1 aliphatic carbocycles. The predicted octanol–water partition coefficient (Wildman–Crippen LogP) is 2.52. The van der Waals surface area contributed by atoms with Gasteiger partial charge in [0, 0.05) is 12.6 Å². The van der Waals surface area contributed by atoms with Crippen molar-refractivity contribution >= 4 is 17.3 Å². The van der Waals surface area contributed by atoms with Crippen LogP contribution < -0.4 is 10.6 Å². The summed E-state index contributed by atoms with van der Waals surface area (Å²) in [5, 5.41) is 7.75. The Balaban J connectivity index is 1.53. The molecule has 1 saturated carbocycles. The normalized spacial score (nSPS) is 23.2. The van der Waals surface area contributed by atoms with E-state index >= 15 is 0 Å². The monoisotopic (exact) mass is 283 g/mol. The molecule has 4 heteroatoms. The molecular weight excluding hydrogens is 254 g/mol. The molecular formula is C15H29N3S. The number of hydrogen-bond acceptors (Lipinski definition) is 2. The molecule has 1 heterocycles. The molecule has 19 heavy (non-hydrogen) atoms. The first kappa shape index (κ1) is 15.0. The van der Waals surface area contributed by atoms with E-state index in [4.69, 9.17) is 12.2 Å². The minimum absolute atomic E-state index is 0.622. The van der Waals surface area contributed by atoms with E-state index in [9.17, 15) is 0 Å². The molecule has 110 valence electrons. The molecule has 0 spiro atoms. The Kier molecular flexibility index (Phi) is 6.38. The molecule has 0 unspecified atom stereocenters. The zero-order valence-corrected chi connectivity index (χ0v) is 13.1. The Hall–Kier alpha value is -0.350. The Labute approximate surface area is 123 Å². The van der Waals surface area contributed by atoms with Crippen LogP contribution in [0.4, 0.5) is 0 Å². The summed E-state index contributed by atoms with van der Waals surface area (Å²) in [7, 11) is 2.22. The molecule has 0 amide bonds. The summed E-state index contributed by atoms with van der Waals surface area (Å²) in [5.74, 6) is 0.890. The Morgan fingerprint density at radius 3 is 2.47 bits per heavy atom. The molecule has 0 aromatic rings. The highest BCUT2D eigenvalue weighted by Gasteiger charge is 2.17. The summed E-state index contributed by atoms with van der Waals surface area (Å²) in [5.41, 5.74) is 0. The second kappa shape index (κ2) is 8.05. The number of thiocarbonyl (C=S) groups is 1. The van der Waals surface area contributed by atoms with E-state index in [0.29, 0.717) is 6.04 Å². The lowest BCUT2D eigenvalue weighted by atomic mass is 9.94. The number of likely N-dealkylation sites (tertiary alicyclic amines) is 1. The van der Waals surface area contributed by atoms with Gasteiger partial charge in [-0.3, -0.25) is 0 Å². The quantitative estimate of drug-likeness (QED) is 0.775. The highest BCUT2D eigenvalue weighted by Crippen LogP contribution is 2.19. The molecule has 2 fully saturated rings. The van der Waals surface area contributed by atoms with Crippen molar-refractivity contribution in [2.45, 2.75) is 57.4 Å². The van der Waals surface area contributed by atoms with Gasteiger partial charge in [-0.05, 0) is 70.4 Å². The maximum atomic E-state index is 5.39. The fourth-order valence-electron chi connectivity index (χ4n) is 3.22. The van der Waals surface area contributed by atoms with Crippen LogP contribution in [0.15, 0.2) is 0 Å². The van der Waals surface area contributed by atoms with Gasteiger partial charge in [0.05, 0.1) is 0 Å². The van der Waals surface area contributed by atoms with E-state index < -0.39 is 0 Å². The average Bonchev–Trinajstić information content (AvgIpc) is 2.42. The zero-order chi connectivity index (χ0) is 13.5. The van der Waals surface area contributed by atoms with Gasteiger partial charge in [0.25, 0.3) is 0 Å². The van der Waals surface area contributed by atoms with Crippen LogP contribution in [-0.4, -0.2) is 42.7 Å². The van der Waals surface area contributed by atoms with E-state index in [1.54, 1.807) is 0 Å². The van der Waals surface area contributed by atoms with Gasteiger partial charge in [0.2, 0.25) is 0 Å². The van der Waals surface area contributed by atoms with Crippen molar-refractivity contribution in [3.63, 3.8) is 0 Å². The first-order valence-corrected chi connectivity index (χ1v) is 8.38. The topological polar surface area (TPSA) is 27.3 Å². The van der Waals surface area contributed by atoms with Crippen LogP contribution in [0.2, 0.25) is 0 Å². The van der Waals surface area contributed by atoms with Gasteiger partial charge in [-0.2, -0.15) is 0 Å². The van der Waals surface area contributed by atoms with Crippen LogP contribution in [0.5, 0.6) is 0 Å². The average molecular weight is 283 g/mol. The van der Waals surface area contributed by atoms with E-state index in [-0.39, 0.29) is 0 Å². The first-order chi connectivity index (χ1) is 9.24. The van der Waals surface area contributed by atoms with Crippen molar-refractivity contribution in [2.24, 2.45) is 5.92 Å². The minimum Gasteiger partial charge on any atom is -0.363 e. The summed E-state index contributed by atoms with van der Waals surface area (Å²) in [6.45, 7) is 3.55. The van der Waals surface area contributed by atoms with Gasteiger partial charge >= 0.3 is 0 Å². The third-order valence-corrected chi connectivity index (χ3v) is 4.88. The molecule has 1 aliphatic heterocycles. The Bertz CT molecular complexity index is 269. The van der Waals surface area contributed by atoms with Crippen molar-refractivity contribution in [3.8, 4) is 0 Å². The summed E-state index contributed by atoms with van der Waals surface area (Å²) < 4.78 is 0. The highest BCUT2D eigenvalue weighted by molar-refractivity contribution is 7.80. The molecule has 2 rings (SSSR count). The molecule has 0 aromatic heterocycles. The molecule has 3 nitrogen and oxygen atoms in total. The largest absolute Gasteiger partial charge is 0.363 e. The van der Waals surface area contributed by atoms with Gasteiger partial charge in [0.15, 0.2) is 5.11 Å². The summed E-state index contributed by atoms with van der Waals surface area (Å²) in [4.78, 5) is 2.43. The number of nitrogens with one attached hydrogen (secondary N) is 2. The lowest BCUT2D eigenvalue weighted by molar-refractivity contribution is 0.213. The second-order valence-electron chi connectivity index (χ2n) is 6.27. The van der Waals surface area contributed by atoms with Crippen LogP contribution in [0.3, 0.4) is 0 Å². The van der Waals surface area contributed by atoms with Crippen LogP contribution in [0.1, 0.15) is 51.4 Å². The second-order valence-corrected chi connectivity index (χ2v) is 6.68. The van der Waals surface area contributed by atoms with Crippen LogP contribution in [0, 0.1) is 5.92 Å². The van der Waals surface area contributed by atoms with Crippen LogP contribution >= 0.6 is 12.2 Å². The van der Waals surface area contributed by atoms with Crippen molar-refractivity contribution in [1.82, 2.24) is 15.5 Å².